The lowest BCUT2D eigenvalue weighted by molar-refractivity contribution is 0.0692. The summed E-state index contributed by atoms with van der Waals surface area (Å²) >= 11 is 0. The van der Waals surface area contributed by atoms with E-state index in [1.165, 1.54) is 17.8 Å². The number of nitrogens with zero attached hydrogens (tertiary/aromatic N) is 2. The van der Waals surface area contributed by atoms with Gasteiger partial charge in [0.1, 0.15) is 11.3 Å². The molecule has 1 aromatic rings. The van der Waals surface area contributed by atoms with Crippen molar-refractivity contribution in [2.75, 3.05) is 0 Å². The predicted octanol–water partition coefficient (Wildman–Crippen LogP) is 0.804. The second-order valence-corrected chi connectivity index (χ2v) is 2.58. The van der Waals surface area contributed by atoms with Crippen LogP contribution in [0.25, 0.3) is 0 Å². The number of hydrogen-bond acceptors (Lipinski definition) is 3. The second kappa shape index (κ2) is 3.38. The first kappa shape index (κ1) is 9.44. The number of aromatic carboxylic acids is 1. The van der Waals surface area contributed by atoms with Gasteiger partial charge in [0.2, 0.25) is 0 Å². The van der Waals surface area contributed by atoms with Crippen molar-refractivity contribution in [3.8, 4) is 0 Å². The fraction of sp³-hybridized carbons (Fsp3) is 0.375. The fourth-order valence-corrected chi connectivity index (χ4v) is 1.15. The van der Waals surface area contributed by atoms with E-state index < -0.39 is 5.97 Å². The van der Waals surface area contributed by atoms with Crippen LogP contribution in [0.15, 0.2) is 6.20 Å². The van der Waals surface area contributed by atoms with Gasteiger partial charge in [-0.05, 0) is 6.92 Å². The van der Waals surface area contributed by atoms with Gasteiger partial charge in [-0.1, -0.05) is 0 Å². The Kier molecular flexibility index (Phi) is 2.46. The lowest BCUT2D eigenvalue weighted by Gasteiger charge is -2.00. The molecule has 0 aliphatic heterocycles. The van der Waals surface area contributed by atoms with Gasteiger partial charge in [-0.3, -0.25) is 9.48 Å². The lowest BCUT2D eigenvalue weighted by atomic mass is 10.2. The number of Topliss-reactive ketones (excluding diaryl/α,β-unsaturated/α-hetero) is 1. The molecule has 0 saturated carbocycles. The normalized spacial score (nSPS) is 10.0. The van der Waals surface area contributed by atoms with E-state index in [4.69, 9.17) is 5.11 Å². The lowest BCUT2D eigenvalue weighted by Crippen LogP contribution is -2.10. The smallest absolute Gasteiger partial charge is 0.339 e. The summed E-state index contributed by atoms with van der Waals surface area (Å²) in [7, 11) is 0. The molecule has 0 atom stereocenters. The molecule has 0 aliphatic rings. The number of ketones is 1. The van der Waals surface area contributed by atoms with E-state index >= 15 is 0 Å². The standard InChI is InChI=1S/C8H10N2O3/c1-3-10-7(5(2)11)6(4-9-10)8(12)13/h4H,3H2,1-2H3,(H,12,13). The van der Waals surface area contributed by atoms with Gasteiger partial charge in [0.25, 0.3) is 0 Å². The fourth-order valence-electron chi connectivity index (χ4n) is 1.15. The summed E-state index contributed by atoms with van der Waals surface area (Å²) in [5.74, 6) is -1.40. The third-order valence-corrected chi connectivity index (χ3v) is 1.70. The van der Waals surface area contributed by atoms with E-state index in [0.717, 1.165) is 0 Å². The number of aromatic nitrogens is 2. The Labute approximate surface area is 75.0 Å². The molecule has 1 N–H and O–H groups in total. The molecule has 0 amide bonds. The molecule has 70 valence electrons. The zero-order chi connectivity index (χ0) is 10.0. The van der Waals surface area contributed by atoms with E-state index in [9.17, 15) is 9.59 Å². The van der Waals surface area contributed by atoms with Crippen LogP contribution in [-0.4, -0.2) is 26.6 Å². The first-order valence-corrected chi connectivity index (χ1v) is 3.88. The maximum Gasteiger partial charge on any atom is 0.339 e. The SMILES string of the molecule is CCn1ncc(C(=O)O)c1C(C)=O. The third-order valence-electron chi connectivity index (χ3n) is 1.70. The molecule has 1 rings (SSSR count). The second-order valence-electron chi connectivity index (χ2n) is 2.58. The summed E-state index contributed by atoms with van der Waals surface area (Å²) in [5, 5.41) is 12.5. The van der Waals surface area contributed by atoms with Crippen LogP contribution in [-0.2, 0) is 6.54 Å². The Balaban J connectivity index is 3.30. The number of carboxylic acids is 1. The predicted molar refractivity (Wildman–Crippen MR) is 44.9 cm³/mol. The highest BCUT2D eigenvalue weighted by molar-refractivity contribution is 6.03. The molecule has 0 aliphatic carbocycles. The molecule has 0 radical (unpaired) electrons. The molecule has 5 nitrogen and oxygen atoms in total. The van der Waals surface area contributed by atoms with Crippen LogP contribution < -0.4 is 0 Å². The molecule has 0 bridgehead atoms. The Morgan fingerprint density at radius 1 is 1.62 bits per heavy atom. The largest absolute Gasteiger partial charge is 0.478 e. The van der Waals surface area contributed by atoms with Crippen LogP contribution in [0.5, 0.6) is 0 Å². The first-order chi connectivity index (χ1) is 6.07. The Morgan fingerprint density at radius 3 is 2.62 bits per heavy atom. The van der Waals surface area contributed by atoms with Crippen LogP contribution in [0.2, 0.25) is 0 Å². The monoisotopic (exact) mass is 182 g/mol. The van der Waals surface area contributed by atoms with Crippen molar-refractivity contribution in [1.29, 1.82) is 0 Å². The quantitative estimate of drug-likeness (QED) is 0.702. The van der Waals surface area contributed by atoms with Gasteiger partial charge >= 0.3 is 5.97 Å². The molecule has 0 fully saturated rings. The number of rotatable bonds is 3. The molecule has 1 aromatic heterocycles. The summed E-state index contributed by atoms with van der Waals surface area (Å²) in [4.78, 5) is 21.7. The molecule has 0 unspecified atom stereocenters. The molecule has 0 aromatic carbocycles. The van der Waals surface area contributed by atoms with Gasteiger partial charge in [0.15, 0.2) is 5.78 Å². The number of carbonyl (C=O) groups excluding carboxylic acids is 1. The van der Waals surface area contributed by atoms with Crippen molar-refractivity contribution in [1.82, 2.24) is 9.78 Å². The van der Waals surface area contributed by atoms with Crippen molar-refractivity contribution < 1.29 is 14.7 Å². The van der Waals surface area contributed by atoms with E-state index in [2.05, 4.69) is 5.10 Å². The van der Waals surface area contributed by atoms with Crippen LogP contribution in [0.3, 0.4) is 0 Å². The Morgan fingerprint density at radius 2 is 2.23 bits per heavy atom. The minimum Gasteiger partial charge on any atom is -0.478 e. The number of hydrogen-bond donors (Lipinski definition) is 1. The van der Waals surface area contributed by atoms with E-state index in [1.807, 2.05) is 0 Å². The maximum absolute atomic E-state index is 11.1. The highest BCUT2D eigenvalue weighted by Gasteiger charge is 2.18. The average molecular weight is 182 g/mol. The molecule has 0 spiro atoms. The van der Waals surface area contributed by atoms with Crippen molar-refractivity contribution in [3.05, 3.63) is 17.5 Å². The topological polar surface area (TPSA) is 72.2 Å². The van der Waals surface area contributed by atoms with Crippen LogP contribution in [0.4, 0.5) is 0 Å². The van der Waals surface area contributed by atoms with Gasteiger partial charge in [-0.15, -0.1) is 0 Å². The van der Waals surface area contributed by atoms with E-state index in [0.29, 0.717) is 6.54 Å². The highest BCUT2D eigenvalue weighted by atomic mass is 16.4. The summed E-state index contributed by atoms with van der Waals surface area (Å²) in [6.07, 6.45) is 1.20. The molecule has 0 saturated heterocycles. The van der Waals surface area contributed by atoms with Gasteiger partial charge in [0, 0.05) is 13.5 Å². The van der Waals surface area contributed by atoms with Gasteiger partial charge < -0.3 is 5.11 Å². The molecule has 1 heterocycles. The van der Waals surface area contributed by atoms with Crippen molar-refractivity contribution in [3.63, 3.8) is 0 Å². The summed E-state index contributed by atoms with van der Waals surface area (Å²) in [6.45, 7) is 3.61. The van der Waals surface area contributed by atoms with Crippen molar-refractivity contribution in [2.24, 2.45) is 0 Å². The van der Waals surface area contributed by atoms with E-state index in [-0.39, 0.29) is 17.0 Å². The zero-order valence-corrected chi connectivity index (χ0v) is 7.44. The van der Waals surface area contributed by atoms with Crippen LogP contribution in [0, 0.1) is 0 Å². The first-order valence-electron chi connectivity index (χ1n) is 3.88. The van der Waals surface area contributed by atoms with Gasteiger partial charge in [0.05, 0.1) is 6.20 Å². The van der Waals surface area contributed by atoms with Crippen LogP contribution >= 0.6 is 0 Å². The minimum atomic E-state index is -1.12. The van der Waals surface area contributed by atoms with Gasteiger partial charge in [-0.25, -0.2) is 4.79 Å². The maximum atomic E-state index is 11.1. The average Bonchev–Trinajstić information content (AvgIpc) is 2.46. The molecular formula is C8H10N2O3. The molecular weight excluding hydrogens is 172 g/mol. The third kappa shape index (κ3) is 1.58. The Bertz CT molecular complexity index is 354. The summed E-state index contributed by atoms with van der Waals surface area (Å²) < 4.78 is 1.38. The Hall–Kier alpha value is -1.65. The highest BCUT2D eigenvalue weighted by Crippen LogP contribution is 2.09. The van der Waals surface area contributed by atoms with Gasteiger partial charge in [-0.2, -0.15) is 5.10 Å². The van der Waals surface area contributed by atoms with Crippen LogP contribution in [0.1, 0.15) is 34.7 Å². The minimum absolute atomic E-state index is 0.0330. The molecule has 13 heavy (non-hydrogen) atoms. The zero-order valence-electron chi connectivity index (χ0n) is 7.44. The van der Waals surface area contributed by atoms with Crippen molar-refractivity contribution >= 4 is 11.8 Å². The number of carbonyl (C=O) groups is 2. The van der Waals surface area contributed by atoms with Crippen molar-refractivity contribution in [2.45, 2.75) is 20.4 Å². The van der Waals surface area contributed by atoms with E-state index in [1.54, 1.807) is 6.92 Å². The molecule has 5 heteroatoms. The summed E-state index contributed by atoms with van der Waals surface area (Å²) in [5.41, 5.74) is 0.129. The number of carboxylic acid groups (broad SMARTS) is 1. The number of aryl methyl sites for hydroxylation is 1. The summed E-state index contributed by atoms with van der Waals surface area (Å²) in [6, 6.07) is 0.